The van der Waals surface area contributed by atoms with Crippen molar-refractivity contribution in [1.82, 2.24) is 3.97 Å². The Morgan fingerprint density at radius 1 is 0.710 bits per heavy atom. The third-order valence-corrected chi connectivity index (χ3v) is 7.50. The highest BCUT2D eigenvalue weighted by atomic mass is 32.2. The number of aromatic nitrogens is 1. The molecule has 0 fully saturated rings. The second-order valence-corrected chi connectivity index (χ2v) is 9.87. The van der Waals surface area contributed by atoms with Crippen LogP contribution in [0.3, 0.4) is 0 Å². The van der Waals surface area contributed by atoms with Gasteiger partial charge in [0.15, 0.2) is 0 Å². The van der Waals surface area contributed by atoms with Crippen molar-refractivity contribution in [3.63, 3.8) is 0 Å². The molecule has 158 valence electrons. The third-order valence-electron chi connectivity index (χ3n) is 5.64. The Bertz CT molecular complexity index is 1280. The minimum absolute atomic E-state index is 0.313. The van der Waals surface area contributed by atoms with Gasteiger partial charge >= 0.3 is 0 Å². The molecule has 0 atom stereocenters. The van der Waals surface area contributed by atoms with Crippen LogP contribution in [0.15, 0.2) is 89.8 Å². The van der Waals surface area contributed by atoms with Gasteiger partial charge in [-0.3, -0.25) is 0 Å². The second kappa shape index (κ2) is 8.56. The lowest BCUT2D eigenvalue weighted by atomic mass is 10.0. The highest BCUT2D eigenvalue weighted by Crippen LogP contribution is 2.32. The van der Waals surface area contributed by atoms with Gasteiger partial charge in [0.2, 0.25) is 0 Å². The summed E-state index contributed by atoms with van der Waals surface area (Å²) in [6, 6.07) is 27.5. The van der Waals surface area contributed by atoms with E-state index in [-0.39, 0.29) is 0 Å². The van der Waals surface area contributed by atoms with E-state index in [1.807, 2.05) is 50.2 Å². The summed E-state index contributed by atoms with van der Waals surface area (Å²) in [5.74, 6) is 0. The van der Waals surface area contributed by atoms with Crippen molar-refractivity contribution in [3.05, 3.63) is 113 Å². The Labute approximate surface area is 185 Å². The van der Waals surface area contributed by atoms with Crippen LogP contribution in [-0.2, 0) is 22.9 Å². The van der Waals surface area contributed by atoms with Crippen LogP contribution in [0.1, 0.15) is 28.1 Å². The van der Waals surface area contributed by atoms with Gasteiger partial charge in [0.1, 0.15) is 0 Å². The van der Waals surface area contributed by atoms with Gasteiger partial charge < -0.3 is 0 Å². The summed E-state index contributed by atoms with van der Waals surface area (Å²) < 4.78 is 28.9. The van der Waals surface area contributed by atoms with Crippen molar-refractivity contribution < 1.29 is 8.42 Å². The van der Waals surface area contributed by atoms with E-state index in [0.717, 1.165) is 34.5 Å². The van der Waals surface area contributed by atoms with E-state index in [1.165, 1.54) is 15.1 Å². The van der Waals surface area contributed by atoms with Crippen molar-refractivity contribution in [2.45, 2.75) is 38.5 Å². The van der Waals surface area contributed by atoms with Crippen molar-refractivity contribution >= 4 is 10.0 Å². The zero-order chi connectivity index (χ0) is 22.0. The van der Waals surface area contributed by atoms with Crippen LogP contribution in [0.4, 0.5) is 0 Å². The topological polar surface area (TPSA) is 39.1 Å². The molecule has 3 aromatic carbocycles. The Morgan fingerprint density at radius 2 is 1.29 bits per heavy atom. The van der Waals surface area contributed by atoms with Crippen LogP contribution >= 0.6 is 0 Å². The summed E-state index contributed by atoms with van der Waals surface area (Å²) in [5, 5.41) is 0. The second-order valence-electron chi connectivity index (χ2n) is 8.08. The van der Waals surface area contributed by atoms with E-state index in [2.05, 4.69) is 43.3 Å². The number of rotatable bonds is 6. The first-order chi connectivity index (χ1) is 14.9. The van der Waals surface area contributed by atoms with Crippen LogP contribution in [0.5, 0.6) is 0 Å². The molecule has 0 aliphatic carbocycles. The number of benzene rings is 3. The molecule has 0 N–H and O–H groups in total. The van der Waals surface area contributed by atoms with E-state index in [9.17, 15) is 8.42 Å². The molecule has 0 aliphatic rings. The van der Waals surface area contributed by atoms with Gasteiger partial charge in [-0.05, 0) is 62.9 Å². The average molecular weight is 430 g/mol. The zero-order valence-electron chi connectivity index (χ0n) is 18.2. The molecule has 0 aliphatic heterocycles. The fourth-order valence-electron chi connectivity index (χ4n) is 3.95. The highest BCUT2D eigenvalue weighted by Gasteiger charge is 2.25. The summed E-state index contributed by atoms with van der Waals surface area (Å²) in [4.78, 5) is 0.313. The number of hydrogen-bond donors (Lipinski definition) is 0. The van der Waals surface area contributed by atoms with Gasteiger partial charge in [0.05, 0.1) is 4.90 Å². The predicted molar refractivity (Wildman–Crippen MR) is 127 cm³/mol. The number of hydrogen-bond acceptors (Lipinski definition) is 2. The molecule has 0 saturated carbocycles. The van der Waals surface area contributed by atoms with Crippen molar-refractivity contribution in [3.8, 4) is 11.1 Å². The van der Waals surface area contributed by atoms with Crippen LogP contribution in [0.2, 0.25) is 0 Å². The Hall–Kier alpha value is -3.11. The molecular formula is C27H27NO2S. The molecule has 4 rings (SSSR count). The van der Waals surface area contributed by atoms with E-state index >= 15 is 0 Å². The predicted octanol–water partition coefficient (Wildman–Crippen LogP) is 6.10. The molecule has 0 amide bonds. The quantitative estimate of drug-likeness (QED) is 0.371. The molecule has 4 heteroatoms. The molecular weight excluding hydrogens is 402 g/mol. The molecule has 3 nitrogen and oxygen atoms in total. The molecule has 4 aromatic rings. The normalized spacial score (nSPS) is 11.6. The fourth-order valence-corrected chi connectivity index (χ4v) is 5.55. The maximum Gasteiger partial charge on any atom is 0.268 e. The number of aryl methyl sites for hydroxylation is 4. The summed E-state index contributed by atoms with van der Waals surface area (Å²) in [6.45, 7) is 5.88. The lowest BCUT2D eigenvalue weighted by Crippen LogP contribution is -2.18. The SMILES string of the molecule is Cc1ccc(-c2cc(C)n(S(=O)(=O)c3ccc(C)cc3)c2CCc2ccccc2)cc1. The standard InChI is InChI=1S/C27H27NO2S/c1-20-9-14-24(15-10-20)26-19-22(3)28(27(26)18-13-23-7-5-4-6-8-23)31(29,30)25-16-11-21(2)12-17-25/h4-12,14-17,19H,13,18H2,1-3H3. The largest absolute Gasteiger partial charge is 0.268 e. The van der Waals surface area contributed by atoms with E-state index in [1.54, 1.807) is 12.1 Å². The Kier molecular flexibility index (Phi) is 5.84. The summed E-state index contributed by atoms with van der Waals surface area (Å²) in [6.07, 6.45) is 1.40. The maximum absolute atomic E-state index is 13.7. The molecule has 0 bridgehead atoms. The molecule has 31 heavy (non-hydrogen) atoms. The first-order valence-electron chi connectivity index (χ1n) is 10.5. The zero-order valence-corrected chi connectivity index (χ0v) is 19.0. The van der Waals surface area contributed by atoms with Crippen LogP contribution in [0.25, 0.3) is 11.1 Å². The van der Waals surface area contributed by atoms with Gasteiger partial charge in [0, 0.05) is 17.0 Å². The minimum atomic E-state index is -3.70. The molecule has 0 saturated heterocycles. The first kappa shape index (κ1) is 21.1. The van der Waals surface area contributed by atoms with E-state index in [0.29, 0.717) is 11.3 Å². The van der Waals surface area contributed by atoms with Crippen molar-refractivity contribution in [2.75, 3.05) is 0 Å². The molecule has 1 aromatic heterocycles. The summed E-state index contributed by atoms with van der Waals surface area (Å²) in [5.41, 5.74) is 6.96. The van der Waals surface area contributed by atoms with E-state index in [4.69, 9.17) is 0 Å². The lowest BCUT2D eigenvalue weighted by molar-refractivity contribution is 0.583. The summed E-state index contributed by atoms with van der Waals surface area (Å²) in [7, 11) is -3.70. The maximum atomic E-state index is 13.7. The molecule has 0 unspecified atom stereocenters. The van der Waals surface area contributed by atoms with E-state index < -0.39 is 10.0 Å². The van der Waals surface area contributed by atoms with Gasteiger partial charge in [0.25, 0.3) is 10.0 Å². The van der Waals surface area contributed by atoms with Gasteiger partial charge in [-0.2, -0.15) is 0 Å². The minimum Gasteiger partial charge on any atom is -0.242 e. The highest BCUT2D eigenvalue weighted by molar-refractivity contribution is 7.90. The Balaban J connectivity index is 1.85. The van der Waals surface area contributed by atoms with Crippen LogP contribution in [0, 0.1) is 20.8 Å². The van der Waals surface area contributed by atoms with Gasteiger partial charge in [-0.25, -0.2) is 12.4 Å². The summed E-state index contributed by atoms with van der Waals surface area (Å²) >= 11 is 0. The molecule has 0 radical (unpaired) electrons. The van der Waals surface area contributed by atoms with Gasteiger partial charge in [-0.15, -0.1) is 0 Å². The lowest BCUT2D eigenvalue weighted by Gasteiger charge is -2.15. The molecule has 1 heterocycles. The Morgan fingerprint density at radius 3 is 1.90 bits per heavy atom. The monoisotopic (exact) mass is 429 g/mol. The fraction of sp³-hybridized carbons (Fsp3) is 0.185. The van der Waals surface area contributed by atoms with Crippen molar-refractivity contribution in [1.29, 1.82) is 0 Å². The van der Waals surface area contributed by atoms with Crippen LogP contribution in [-0.4, -0.2) is 12.4 Å². The third kappa shape index (κ3) is 4.35. The smallest absolute Gasteiger partial charge is 0.242 e. The van der Waals surface area contributed by atoms with Crippen molar-refractivity contribution in [2.24, 2.45) is 0 Å². The average Bonchev–Trinajstić information content (AvgIpc) is 3.10. The number of nitrogens with zero attached hydrogens (tertiary/aromatic N) is 1. The molecule has 0 spiro atoms. The van der Waals surface area contributed by atoms with Gasteiger partial charge in [-0.1, -0.05) is 77.9 Å². The first-order valence-corrected chi connectivity index (χ1v) is 11.9. The van der Waals surface area contributed by atoms with Crippen LogP contribution < -0.4 is 0 Å².